The molecule has 0 aromatic heterocycles. The van der Waals surface area contributed by atoms with Crippen LogP contribution in [0.5, 0.6) is 5.75 Å². The smallest absolute Gasteiger partial charge is 0.211 e. The first-order valence-electron chi connectivity index (χ1n) is 10.9. The third kappa shape index (κ3) is 6.56. The summed E-state index contributed by atoms with van der Waals surface area (Å²) in [4.78, 5) is 2.39. The molecule has 0 bridgehead atoms. The zero-order chi connectivity index (χ0) is 21.6. The molecule has 1 saturated heterocycles. The van der Waals surface area contributed by atoms with Gasteiger partial charge in [0.25, 0.3) is 0 Å². The maximum atomic E-state index is 12.2. The van der Waals surface area contributed by atoms with Gasteiger partial charge in [-0.15, -0.1) is 0 Å². The number of rotatable bonds is 9. The van der Waals surface area contributed by atoms with Crippen LogP contribution in [0.1, 0.15) is 44.2 Å². The predicted molar refractivity (Wildman–Crippen MR) is 122 cm³/mol. The molecule has 0 amide bonds. The van der Waals surface area contributed by atoms with Crippen LogP contribution < -0.4 is 9.46 Å². The second-order valence-corrected chi connectivity index (χ2v) is 10.5. The quantitative estimate of drug-likeness (QED) is 0.653. The Bertz CT molecular complexity index is 882. The summed E-state index contributed by atoms with van der Waals surface area (Å²) in [6.07, 6.45) is 0.784. The van der Waals surface area contributed by atoms with E-state index < -0.39 is 10.0 Å². The summed E-state index contributed by atoms with van der Waals surface area (Å²) in [5, 5.41) is 0. The van der Waals surface area contributed by atoms with Crippen LogP contribution in [0.3, 0.4) is 0 Å². The summed E-state index contributed by atoms with van der Waals surface area (Å²) in [7, 11) is -3.25. The number of sulfonamides is 1. The van der Waals surface area contributed by atoms with Crippen LogP contribution in [-0.4, -0.2) is 44.8 Å². The Morgan fingerprint density at radius 3 is 2.43 bits per heavy atom. The first-order chi connectivity index (χ1) is 14.4. The highest BCUT2D eigenvalue weighted by atomic mass is 32.2. The third-order valence-corrected chi connectivity index (χ3v) is 7.21. The van der Waals surface area contributed by atoms with E-state index in [2.05, 4.69) is 59.9 Å². The molecule has 0 aliphatic carbocycles. The Labute approximate surface area is 181 Å². The third-order valence-electron chi connectivity index (χ3n) is 5.79. The molecule has 0 unspecified atom stereocenters. The molecule has 2 aromatic rings. The molecule has 1 fully saturated rings. The van der Waals surface area contributed by atoms with Gasteiger partial charge in [-0.05, 0) is 42.5 Å². The van der Waals surface area contributed by atoms with Gasteiger partial charge in [-0.25, -0.2) is 13.1 Å². The zero-order valence-electron chi connectivity index (χ0n) is 18.3. The van der Waals surface area contributed by atoms with Gasteiger partial charge in [-0.3, -0.25) is 4.90 Å². The van der Waals surface area contributed by atoms with E-state index in [4.69, 9.17) is 4.74 Å². The summed E-state index contributed by atoms with van der Waals surface area (Å²) in [5.74, 6) is 1.50. The van der Waals surface area contributed by atoms with Gasteiger partial charge in [-0.1, -0.05) is 56.3 Å². The number of hydrogen-bond donors (Lipinski definition) is 1. The van der Waals surface area contributed by atoms with Crippen molar-refractivity contribution in [1.29, 1.82) is 0 Å². The number of ether oxygens (including phenoxy) is 1. The van der Waals surface area contributed by atoms with Crippen molar-refractivity contribution in [3.8, 4) is 5.75 Å². The van der Waals surface area contributed by atoms with Crippen LogP contribution in [0.4, 0.5) is 0 Å². The molecule has 1 N–H and O–H groups in total. The number of piperidine rings is 1. The van der Waals surface area contributed by atoms with Gasteiger partial charge in [0.15, 0.2) is 0 Å². The minimum absolute atomic E-state index is 0.0913. The summed E-state index contributed by atoms with van der Waals surface area (Å²) < 4.78 is 33.4. The molecule has 1 heterocycles. The highest BCUT2D eigenvalue weighted by molar-refractivity contribution is 7.89. The average molecular weight is 431 g/mol. The number of nitrogens with zero attached hydrogens (tertiary/aromatic N) is 1. The van der Waals surface area contributed by atoms with Crippen molar-refractivity contribution in [2.24, 2.45) is 5.92 Å². The van der Waals surface area contributed by atoms with E-state index in [9.17, 15) is 8.42 Å². The van der Waals surface area contributed by atoms with Gasteiger partial charge >= 0.3 is 0 Å². The molecule has 2 aromatic carbocycles. The molecule has 6 heteroatoms. The minimum Gasteiger partial charge on any atom is -0.493 e. The van der Waals surface area contributed by atoms with E-state index in [1.165, 1.54) is 11.1 Å². The van der Waals surface area contributed by atoms with Crippen molar-refractivity contribution in [2.75, 3.05) is 25.4 Å². The van der Waals surface area contributed by atoms with E-state index >= 15 is 0 Å². The molecule has 0 saturated carbocycles. The highest BCUT2D eigenvalue weighted by Crippen LogP contribution is 2.23. The number of likely N-dealkylation sites (tertiary alicyclic amines) is 1. The van der Waals surface area contributed by atoms with Gasteiger partial charge in [0.05, 0.1) is 12.4 Å². The second-order valence-electron chi connectivity index (χ2n) is 8.43. The van der Waals surface area contributed by atoms with Gasteiger partial charge < -0.3 is 4.74 Å². The highest BCUT2D eigenvalue weighted by Gasteiger charge is 2.32. The topological polar surface area (TPSA) is 58.6 Å². The van der Waals surface area contributed by atoms with Crippen molar-refractivity contribution in [3.63, 3.8) is 0 Å². The van der Waals surface area contributed by atoms with Gasteiger partial charge in [0.2, 0.25) is 10.0 Å². The Balaban J connectivity index is 1.66. The van der Waals surface area contributed by atoms with Crippen molar-refractivity contribution in [3.05, 3.63) is 65.7 Å². The van der Waals surface area contributed by atoms with Crippen LogP contribution in [0.2, 0.25) is 0 Å². The van der Waals surface area contributed by atoms with Crippen molar-refractivity contribution in [2.45, 2.75) is 45.7 Å². The molecule has 164 valence electrons. The summed E-state index contributed by atoms with van der Waals surface area (Å²) in [5.41, 5.74) is 2.55. The number of benzene rings is 2. The molecular formula is C24H34N2O3S. The minimum atomic E-state index is -3.25. The van der Waals surface area contributed by atoms with Crippen molar-refractivity contribution < 1.29 is 13.2 Å². The predicted octanol–water partition coefficient (Wildman–Crippen LogP) is 4.02. The molecule has 1 aliphatic rings. The van der Waals surface area contributed by atoms with Crippen LogP contribution in [0.15, 0.2) is 54.6 Å². The lowest BCUT2D eigenvalue weighted by atomic mass is 9.93. The Kier molecular flexibility index (Phi) is 7.92. The van der Waals surface area contributed by atoms with E-state index in [1.54, 1.807) is 6.92 Å². The summed E-state index contributed by atoms with van der Waals surface area (Å²) in [6.45, 7) is 9.04. The zero-order valence-corrected chi connectivity index (χ0v) is 19.1. The largest absolute Gasteiger partial charge is 0.493 e. The molecule has 3 rings (SSSR count). The van der Waals surface area contributed by atoms with Gasteiger partial charge in [0, 0.05) is 31.6 Å². The molecule has 0 spiro atoms. The van der Waals surface area contributed by atoms with E-state index in [1.807, 2.05) is 18.2 Å². The number of nitrogens with one attached hydrogen (secondary N) is 1. The average Bonchev–Trinajstić information content (AvgIpc) is 2.74. The maximum absolute atomic E-state index is 12.2. The van der Waals surface area contributed by atoms with Crippen LogP contribution >= 0.6 is 0 Å². The van der Waals surface area contributed by atoms with Crippen LogP contribution in [-0.2, 0) is 16.6 Å². The van der Waals surface area contributed by atoms with E-state index in [0.717, 1.165) is 31.8 Å². The Hall–Kier alpha value is -1.89. The van der Waals surface area contributed by atoms with Crippen LogP contribution in [0.25, 0.3) is 0 Å². The SMILES string of the molecule is CCS(=O)(=O)N[C@@H]1CCN(Cc2ccccc2)C[C@H]1COc1ccc(C(C)C)cc1. The number of hydrogen-bond acceptors (Lipinski definition) is 4. The second kappa shape index (κ2) is 10.4. The molecular weight excluding hydrogens is 396 g/mol. The normalized spacial score (nSPS) is 20.4. The van der Waals surface area contributed by atoms with Gasteiger partial charge in [-0.2, -0.15) is 0 Å². The fourth-order valence-corrected chi connectivity index (χ4v) is 4.82. The van der Waals surface area contributed by atoms with Gasteiger partial charge in [0.1, 0.15) is 5.75 Å². The van der Waals surface area contributed by atoms with E-state index in [0.29, 0.717) is 12.5 Å². The maximum Gasteiger partial charge on any atom is 0.211 e. The lowest BCUT2D eigenvalue weighted by Gasteiger charge is -2.38. The Morgan fingerprint density at radius 2 is 1.80 bits per heavy atom. The lowest BCUT2D eigenvalue weighted by Crippen LogP contribution is -2.52. The van der Waals surface area contributed by atoms with Crippen molar-refractivity contribution in [1.82, 2.24) is 9.62 Å². The van der Waals surface area contributed by atoms with Crippen LogP contribution in [0, 0.1) is 5.92 Å². The first kappa shape index (κ1) is 22.8. The first-order valence-corrected chi connectivity index (χ1v) is 12.5. The summed E-state index contributed by atoms with van der Waals surface area (Å²) in [6, 6.07) is 18.5. The molecule has 0 radical (unpaired) electrons. The Morgan fingerprint density at radius 1 is 1.10 bits per heavy atom. The standard InChI is InChI=1S/C24H34N2O3S/c1-4-30(27,28)25-24-14-15-26(16-20-8-6-5-7-9-20)17-22(24)18-29-23-12-10-21(11-13-23)19(2)3/h5-13,19,22,24-25H,4,14-18H2,1-3H3/t22-,24+/m0/s1. The summed E-state index contributed by atoms with van der Waals surface area (Å²) >= 11 is 0. The molecule has 2 atom stereocenters. The fourth-order valence-electron chi connectivity index (χ4n) is 3.88. The molecule has 30 heavy (non-hydrogen) atoms. The lowest BCUT2D eigenvalue weighted by molar-refractivity contribution is 0.102. The molecule has 1 aliphatic heterocycles. The molecule has 5 nitrogen and oxygen atoms in total. The fraction of sp³-hybridized carbons (Fsp3) is 0.500. The van der Waals surface area contributed by atoms with Crippen molar-refractivity contribution >= 4 is 10.0 Å². The van der Waals surface area contributed by atoms with E-state index in [-0.39, 0.29) is 17.7 Å². The monoisotopic (exact) mass is 430 g/mol.